The first-order valence-electron chi connectivity index (χ1n) is 8.34. The van der Waals surface area contributed by atoms with E-state index in [9.17, 15) is 4.39 Å². The largest absolute Gasteiger partial charge is 0.329 e. The summed E-state index contributed by atoms with van der Waals surface area (Å²) in [6, 6.07) is 0. The molecule has 0 spiro atoms. The Kier molecular flexibility index (Phi) is 6.60. The highest BCUT2D eigenvalue weighted by Crippen LogP contribution is 2.35. The molecule has 0 radical (unpaired) electrons. The summed E-state index contributed by atoms with van der Waals surface area (Å²) >= 11 is 1.58. The van der Waals surface area contributed by atoms with Crippen LogP contribution in [-0.4, -0.2) is 35.7 Å². The summed E-state index contributed by atoms with van der Waals surface area (Å²) in [5.41, 5.74) is 2.58. The first-order chi connectivity index (χ1) is 11.4. The van der Waals surface area contributed by atoms with E-state index < -0.39 is 6.17 Å². The van der Waals surface area contributed by atoms with E-state index in [4.69, 9.17) is 5.41 Å². The normalized spacial score (nSPS) is 22.2. The molecule has 0 saturated carbocycles. The standard InChI is InChI=1S/C19H26FN3S/c1-5-9-24-15(4)19-22-11-16(17(21)8-6-7-14(3)20)18-10-13(2)12-23(18)19/h5-6,8-9,13-14,21H,4,7,10-12H2,1-3H3/b8-6-,9-5-,21-17?. The van der Waals surface area contributed by atoms with E-state index in [-0.39, 0.29) is 0 Å². The van der Waals surface area contributed by atoms with Crippen LogP contribution in [0, 0.1) is 11.3 Å². The monoisotopic (exact) mass is 347 g/mol. The van der Waals surface area contributed by atoms with E-state index in [1.54, 1.807) is 23.9 Å². The molecule has 2 rings (SSSR count). The van der Waals surface area contributed by atoms with E-state index >= 15 is 0 Å². The summed E-state index contributed by atoms with van der Waals surface area (Å²) in [4.78, 5) is 7.83. The highest BCUT2D eigenvalue weighted by molar-refractivity contribution is 8.06. The van der Waals surface area contributed by atoms with Crippen LogP contribution < -0.4 is 0 Å². The smallest absolute Gasteiger partial charge is 0.141 e. The van der Waals surface area contributed by atoms with Crippen LogP contribution in [0.15, 0.2) is 51.4 Å². The third-order valence-electron chi connectivity index (χ3n) is 4.02. The molecular formula is C19H26FN3S. The van der Waals surface area contributed by atoms with Gasteiger partial charge >= 0.3 is 0 Å². The number of hydrogen-bond donors (Lipinski definition) is 1. The van der Waals surface area contributed by atoms with Crippen LogP contribution in [0.5, 0.6) is 0 Å². The van der Waals surface area contributed by atoms with Gasteiger partial charge in [0.2, 0.25) is 0 Å². The lowest BCUT2D eigenvalue weighted by atomic mass is 10.0. The average molecular weight is 348 g/mol. The summed E-state index contributed by atoms with van der Waals surface area (Å²) in [5.74, 6) is 1.45. The molecule has 1 saturated heterocycles. The van der Waals surface area contributed by atoms with Crippen LogP contribution in [0.1, 0.15) is 33.6 Å². The molecule has 3 nitrogen and oxygen atoms in total. The number of nitrogens with one attached hydrogen (secondary N) is 1. The van der Waals surface area contributed by atoms with Crippen LogP contribution >= 0.6 is 11.8 Å². The Morgan fingerprint density at radius 3 is 3.00 bits per heavy atom. The van der Waals surface area contributed by atoms with Crippen molar-refractivity contribution in [1.82, 2.24) is 4.90 Å². The SMILES string of the molecule is C=C(S/C=C\C)C1=NCC(C(=N)/C=C\CC(C)F)=C2CC(C)CN12. The quantitative estimate of drug-likeness (QED) is 0.651. The van der Waals surface area contributed by atoms with E-state index in [2.05, 4.69) is 23.4 Å². The zero-order chi connectivity index (χ0) is 17.7. The first kappa shape index (κ1) is 18.7. The maximum Gasteiger partial charge on any atom is 0.141 e. The summed E-state index contributed by atoms with van der Waals surface area (Å²) in [5, 5.41) is 10.3. The number of halogens is 1. The van der Waals surface area contributed by atoms with Crippen molar-refractivity contribution in [2.75, 3.05) is 13.1 Å². The average Bonchev–Trinajstić information content (AvgIpc) is 2.92. The van der Waals surface area contributed by atoms with Gasteiger partial charge < -0.3 is 10.3 Å². The molecule has 0 aromatic rings. The lowest BCUT2D eigenvalue weighted by Gasteiger charge is -2.29. The number of alkyl halides is 1. The fourth-order valence-electron chi connectivity index (χ4n) is 2.91. The molecule has 130 valence electrons. The predicted molar refractivity (Wildman–Crippen MR) is 103 cm³/mol. The number of allylic oxidation sites excluding steroid dienone is 4. The van der Waals surface area contributed by atoms with Crippen molar-refractivity contribution < 1.29 is 4.39 Å². The van der Waals surface area contributed by atoms with Crippen LogP contribution in [0.25, 0.3) is 0 Å². The van der Waals surface area contributed by atoms with Crippen molar-refractivity contribution >= 4 is 23.3 Å². The van der Waals surface area contributed by atoms with E-state index in [1.165, 1.54) is 12.6 Å². The Bertz CT molecular complexity index is 629. The summed E-state index contributed by atoms with van der Waals surface area (Å²) in [6.07, 6.45) is 5.85. The summed E-state index contributed by atoms with van der Waals surface area (Å²) in [7, 11) is 0. The fraction of sp³-hybridized carbons (Fsp3) is 0.474. The number of nitrogens with zero attached hydrogens (tertiary/aromatic N) is 2. The second kappa shape index (κ2) is 8.47. The molecule has 1 fully saturated rings. The molecule has 1 N–H and O–H groups in total. The van der Waals surface area contributed by atoms with Crippen LogP contribution in [0.2, 0.25) is 0 Å². The van der Waals surface area contributed by atoms with Crippen molar-refractivity contribution in [1.29, 1.82) is 5.41 Å². The first-order valence-corrected chi connectivity index (χ1v) is 9.22. The topological polar surface area (TPSA) is 39.5 Å². The number of amidine groups is 1. The number of rotatable bonds is 7. The molecule has 0 amide bonds. The van der Waals surface area contributed by atoms with E-state index in [0.717, 1.165) is 29.3 Å². The number of hydrogen-bond acceptors (Lipinski definition) is 4. The summed E-state index contributed by atoms with van der Waals surface area (Å²) < 4.78 is 12.9. The van der Waals surface area contributed by atoms with E-state index in [0.29, 0.717) is 24.6 Å². The van der Waals surface area contributed by atoms with E-state index in [1.807, 2.05) is 18.4 Å². The van der Waals surface area contributed by atoms with Gasteiger partial charge in [-0.3, -0.25) is 4.99 Å². The van der Waals surface area contributed by atoms with Crippen molar-refractivity contribution in [2.24, 2.45) is 10.9 Å². The molecular weight excluding hydrogens is 321 g/mol. The Morgan fingerprint density at radius 2 is 2.33 bits per heavy atom. The highest BCUT2D eigenvalue weighted by atomic mass is 32.2. The van der Waals surface area contributed by atoms with Crippen LogP contribution in [0.4, 0.5) is 4.39 Å². The molecule has 0 aliphatic carbocycles. The van der Waals surface area contributed by atoms with Crippen LogP contribution in [-0.2, 0) is 0 Å². The molecule has 2 heterocycles. The maximum absolute atomic E-state index is 12.9. The van der Waals surface area contributed by atoms with Crippen molar-refractivity contribution in [3.05, 3.63) is 46.4 Å². The van der Waals surface area contributed by atoms with Gasteiger partial charge in [0.05, 0.1) is 12.3 Å². The van der Waals surface area contributed by atoms with Gasteiger partial charge in [0, 0.05) is 22.7 Å². The minimum absolute atomic E-state index is 0.344. The minimum atomic E-state index is -0.877. The minimum Gasteiger partial charge on any atom is -0.329 e. The van der Waals surface area contributed by atoms with Gasteiger partial charge in [-0.2, -0.15) is 0 Å². The van der Waals surface area contributed by atoms with Gasteiger partial charge in [-0.25, -0.2) is 4.39 Å². The number of fused-ring (bicyclic) bond motifs is 1. The van der Waals surface area contributed by atoms with Gasteiger partial charge in [0.25, 0.3) is 0 Å². The molecule has 2 atom stereocenters. The molecule has 24 heavy (non-hydrogen) atoms. The molecule has 0 aromatic heterocycles. The highest BCUT2D eigenvalue weighted by Gasteiger charge is 2.33. The molecule has 0 aromatic carbocycles. The summed E-state index contributed by atoms with van der Waals surface area (Å²) in [6.45, 7) is 11.3. The molecule has 5 heteroatoms. The van der Waals surface area contributed by atoms with Crippen molar-refractivity contribution in [3.63, 3.8) is 0 Å². The van der Waals surface area contributed by atoms with Gasteiger partial charge in [0.15, 0.2) is 0 Å². The second-order valence-electron chi connectivity index (χ2n) is 6.33. The molecule has 0 bridgehead atoms. The van der Waals surface area contributed by atoms with Gasteiger partial charge in [-0.15, -0.1) is 0 Å². The molecule has 2 aliphatic heterocycles. The Labute approximate surface area is 148 Å². The maximum atomic E-state index is 12.9. The lowest BCUT2D eigenvalue weighted by molar-refractivity contribution is 0.365. The van der Waals surface area contributed by atoms with Crippen molar-refractivity contribution in [3.8, 4) is 0 Å². The Morgan fingerprint density at radius 1 is 1.58 bits per heavy atom. The van der Waals surface area contributed by atoms with Gasteiger partial charge in [0.1, 0.15) is 12.0 Å². The Balaban J connectivity index is 2.20. The zero-order valence-electron chi connectivity index (χ0n) is 14.7. The predicted octanol–water partition coefficient (Wildman–Crippen LogP) is 5.10. The number of thioether (sulfide) groups is 1. The van der Waals surface area contributed by atoms with Gasteiger partial charge in [-0.05, 0) is 44.1 Å². The van der Waals surface area contributed by atoms with Gasteiger partial charge in [-0.1, -0.05) is 37.4 Å². The second-order valence-corrected chi connectivity index (χ2v) is 7.33. The third-order valence-corrected chi connectivity index (χ3v) is 4.89. The van der Waals surface area contributed by atoms with Crippen LogP contribution in [0.3, 0.4) is 0 Å². The lowest BCUT2D eigenvalue weighted by Crippen LogP contribution is -2.33. The Hall–Kier alpha value is -1.62. The fourth-order valence-corrected chi connectivity index (χ4v) is 3.49. The third kappa shape index (κ3) is 4.47. The molecule has 2 aliphatic rings. The zero-order valence-corrected chi connectivity index (χ0v) is 15.5. The molecule has 2 unspecified atom stereocenters. The van der Waals surface area contributed by atoms with Crippen molar-refractivity contribution in [2.45, 2.75) is 39.8 Å². The number of aliphatic imine (C=N–C) groups is 1.